The Bertz CT molecular complexity index is 3410. The third kappa shape index (κ3) is 12.8. The van der Waals surface area contributed by atoms with Crippen LogP contribution in [0, 0.1) is 13.8 Å². The van der Waals surface area contributed by atoms with Gasteiger partial charge in [-0.2, -0.15) is 33.7 Å². The smallest absolute Gasteiger partial charge is 0.322 e. The highest BCUT2D eigenvalue weighted by Gasteiger charge is 2.24. The molecule has 70 heavy (non-hydrogen) atoms. The van der Waals surface area contributed by atoms with Gasteiger partial charge in [0.05, 0.1) is 21.2 Å². The quantitative estimate of drug-likeness (QED) is 0.0564. The summed E-state index contributed by atoms with van der Waals surface area (Å²) in [6.45, 7) is 3.19. The zero-order valence-corrected chi connectivity index (χ0v) is 39.0. The van der Waals surface area contributed by atoms with E-state index in [1.807, 2.05) is 0 Å². The molecule has 6 amide bonds. The standard InChI is InChI=1S/C43H36N6O17S4/c1-23-9-11-27(41(52)48-35-21-31(67(55,56)57)13-15-37(35)69(61,62)63)19-33(23)46-39(50)25-5-3-7-29(17-25)44-43(54)45-30-8-4-6-26(18-30)40(51)47-34-20-28(12-10-24(34)2)42(53)49-36-22-32(68(58,59)60)14-16-38(36)70(64,65)66/h3-22H,1-2H3,(H,46,50)(H,47,51)(H,48,52)(H,49,53)(H2,44,45,54)(H,55,56,57)(H,58,59,60)(H,61,62,63)(H,64,65,66). The van der Waals surface area contributed by atoms with E-state index < -0.39 is 101 Å². The second-order valence-corrected chi connectivity index (χ2v) is 20.5. The molecule has 0 saturated heterocycles. The number of hydrogen-bond acceptors (Lipinski definition) is 13. The third-order valence-electron chi connectivity index (χ3n) is 9.81. The van der Waals surface area contributed by atoms with E-state index in [0.717, 1.165) is 0 Å². The van der Waals surface area contributed by atoms with E-state index in [2.05, 4.69) is 31.9 Å². The Labute approximate surface area is 398 Å². The number of aryl methyl sites for hydroxylation is 2. The van der Waals surface area contributed by atoms with E-state index in [1.54, 1.807) is 13.8 Å². The van der Waals surface area contributed by atoms with Gasteiger partial charge in [-0.05, 0) is 122 Å². The minimum atomic E-state index is -4.98. The first-order chi connectivity index (χ1) is 32.6. The van der Waals surface area contributed by atoms with Gasteiger partial charge in [0, 0.05) is 45.0 Å². The number of hydrogen-bond donors (Lipinski definition) is 10. The highest BCUT2D eigenvalue weighted by Crippen LogP contribution is 2.29. The zero-order chi connectivity index (χ0) is 51.5. The molecule has 0 atom stereocenters. The van der Waals surface area contributed by atoms with Crippen LogP contribution in [0.3, 0.4) is 0 Å². The van der Waals surface area contributed by atoms with Crippen LogP contribution in [-0.2, 0) is 40.5 Å². The number of rotatable bonds is 14. The molecule has 0 saturated carbocycles. The van der Waals surface area contributed by atoms with Crippen molar-refractivity contribution >= 4 is 104 Å². The van der Waals surface area contributed by atoms with Gasteiger partial charge in [-0.1, -0.05) is 24.3 Å². The number of anilines is 6. The number of urea groups is 1. The molecule has 0 spiro atoms. The lowest BCUT2D eigenvalue weighted by Crippen LogP contribution is -2.21. The Morgan fingerprint density at radius 3 is 1.01 bits per heavy atom. The van der Waals surface area contributed by atoms with Crippen molar-refractivity contribution in [2.75, 3.05) is 31.9 Å². The summed E-state index contributed by atoms with van der Waals surface area (Å²) < 4.78 is 132. The maximum atomic E-state index is 13.4. The van der Waals surface area contributed by atoms with Crippen molar-refractivity contribution in [3.8, 4) is 0 Å². The molecule has 6 aromatic carbocycles. The second-order valence-electron chi connectivity index (χ2n) is 14.8. The minimum Gasteiger partial charge on any atom is -0.322 e. The van der Waals surface area contributed by atoms with Crippen LogP contribution < -0.4 is 31.9 Å². The molecular formula is C43H36N6O17S4. The Balaban J connectivity index is 1.10. The molecule has 27 heteroatoms. The van der Waals surface area contributed by atoms with E-state index in [4.69, 9.17) is 0 Å². The average molecular weight is 1040 g/mol. The van der Waals surface area contributed by atoms with E-state index in [0.29, 0.717) is 47.5 Å². The molecule has 0 aliphatic carbocycles. The Morgan fingerprint density at radius 1 is 0.357 bits per heavy atom. The SMILES string of the molecule is Cc1ccc(C(=O)Nc2cc(S(=O)(=O)O)ccc2S(=O)(=O)O)cc1NC(=O)c1cccc(NC(=O)Nc2cccc(C(=O)Nc3cc(C(=O)Nc4cc(S(=O)(=O)O)ccc4S(=O)(=O)O)ccc3C)c2)c1. The van der Waals surface area contributed by atoms with Gasteiger partial charge >= 0.3 is 6.03 Å². The van der Waals surface area contributed by atoms with Crippen LogP contribution in [0.4, 0.5) is 38.9 Å². The zero-order valence-electron chi connectivity index (χ0n) is 35.8. The molecule has 23 nitrogen and oxygen atoms in total. The third-order valence-corrected chi connectivity index (χ3v) is 13.3. The summed E-state index contributed by atoms with van der Waals surface area (Å²) in [5.74, 6) is -3.38. The number of nitrogens with one attached hydrogen (secondary N) is 6. The Morgan fingerprint density at radius 2 is 0.686 bits per heavy atom. The molecule has 0 aliphatic rings. The van der Waals surface area contributed by atoms with Crippen molar-refractivity contribution in [2.24, 2.45) is 0 Å². The lowest BCUT2D eigenvalue weighted by molar-refractivity contribution is 0.101. The van der Waals surface area contributed by atoms with E-state index in [1.165, 1.54) is 84.9 Å². The topological polar surface area (TPSA) is 375 Å². The van der Waals surface area contributed by atoms with Gasteiger partial charge in [0.25, 0.3) is 64.1 Å². The predicted octanol–water partition coefficient (Wildman–Crippen LogP) is 5.94. The van der Waals surface area contributed by atoms with Crippen LogP contribution in [0.1, 0.15) is 52.6 Å². The van der Waals surface area contributed by atoms with Crippen LogP contribution in [0.2, 0.25) is 0 Å². The highest BCUT2D eigenvalue weighted by molar-refractivity contribution is 7.87. The molecule has 6 aromatic rings. The predicted molar refractivity (Wildman–Crippen MR) is 252 cm³/mol. The fraction of sp³-hybridized carbons (Fsp3) is 0.0465. The number of carbonyl (C=O) groups excluding carboxylic acids is 5. The number of amides is 6. The summed E-state index contributed by atoms with van der Waals surface area (Å²) in [7, 11) is -19.6. The maximum absolute atomic E-state index is 13.4. The van der Waals surface area contributed by atoms with Gasteiger partial charge in [-0.25, -0.2) is 4.79 Å². The summed E-state index contributed by atoms with van der Waals surface area (Å²) >= 11 is 0. The van der Waals surface area contributed by atoms with Crippen molar-refractivity contribution in [1.29, 1.82) is 0 Å². The largest absolute Gasteiger partial charge is 0.323 e. The lowest BCUT2D eigenvalue weighted by Gasteiger charge is -2.14. The summed E-state index contributed by atoms with van der Waals surface area (Å²) in [5.41, 5.74) is -0.0945. The first-order valence-electron chi connectivity index (χ1n) is 19.5. The molecular weight excluding hydrogens is 1000 g/mol. The van der Waals surface area contributed by atoms with Crippen LogP contribution >= 0.6 is 0 Å². The summed E-state index contributed by atoms with van der Waals surface area (Å²) in [5, 5.41) is 14.8. The van der Waals surface area contributed by atoms with E-state index in [-0.39, 0.29) is 45.0 Å². The Kier molecular flexibility index (Phi) is 14.7. The monoisotopic (exact) mass is 1040 g/mol. The normalized spacial score (nSPS) is 11.7. The molecule has 0 unspecified atom stereocenters. The van der Waals surface area contributed by atoms with Crippen LogP contribution in [0.15, 0.2) is 141 Å². The molecule has 0 aliphatic heterocycles. The van der Waals surface area contributed by atoms with Gasteiger partial charge in [-0.15, -0.1) is 0 Å². The van der Waals surface area contributed by atoms with Gasteiger partial charge < -0.3 is 31.9 Å². The molecule has 0 fully saturated rings. The molecule has 0 radical (unpaired) electrons. The van der Waals surface area contributed by atoms with Crippen molar-refractivity contribution in [2.45, 2.75) is 33.4 Å². The van der Waals surface area contributed by atoms with E-state index >= 15 is 0 Å². The van der Waals surface area contributed by atoms with Crippen LogP contribution in [-0.4, -0.2) is 81.5 Å². The van der Waals surface area contributed by atoms with Crippen molar-refractivity contribution in [3.63, 3.8) is 0 Å². The van der Waals surface area contributed by atoms with Gasteiger partial charge in [0.1, 0.15) is 9.79 Å². The molecule has 0 aromatic heterocycles. The molecule has 364 valence electrons. The second kappa shape index (κ2) is 20.0. The maximum Gasteiger partial charge on any atom is 0.323 e. The highest BCUT2D eigenvalue weighted by atomic mass is 32.2. The van der Waals surface area contributed by atoms with Gasteiger partial charge in [0.15, 0.2) is 0 Å². The summed E-state index contributed by atoms with van der Waals surface area (Å²) in [6.07, 6.45) is 0. The van der Waals surface area contributed by atoms with Gasteiger partial charge in [0.2, 0.25) is 0 Å². The summed E-state index contributed by atoms with van der Waals surface area (Å²) in [6, 6.07) is 22.5. The van der Waals surface area contributed by atoms with Crippen molar-refractivity contribution in [3.05, 3.63) is 155 Å². The number of benzene rings is 6. The molecule has 6 rings (SSSR count). The molecule has 0 heterocycles. The summed E-state index contributed by atoms with van der Waals surface area (Å²) in [4.78, 5) is 63.0. The minimum absolute atomic E-state index is 0.0385. The van der Waals surface area contributed by atoms with Crippen LogP contribution in [0.25, 0.3) is 0 Å². The van der Waals surface area contributed by atoms with Gasteiger partial charge in [-0.3, -0.25) is 37.4 Å². The first-order valence-corrected chi connectivity index (χ1v) is 25.3. The molecule has 10 N–H and O–H groups in total. The fourth-order valence-electron chi connectivity index (χ4n) is 6.33. The van der Waals surface area contributed by atoms with Crippen molar-refractivity contribution < 1.29 is 75.9 Å². The lowest BCUT2D eigenvalue weighted by atomic mass is 10.1. The number of carbonyl (C=O) groups is 5. The fourth-order valence-corrected chi connectivity index (χ4v) is 8.60. The average Bonchev–Trinajstić information content (AvgIpc) is 3.26. The van der Waals surface area contributed by atoms with Crippen molar-refractivity contribution in [1.82, 2.24) is 0 Å². The first kappa shape index (κ1) is 51.5. The molecule has 0 bridgehead atoms. The van der Waals surface area contributed by atoms with Crippen LogP contribution in [0.5, 0.6) is 0 Å². The van der Waals surface area contributed by atoms with E-state index in [9.17, 15) is 75.9 Å². The Hall–Kier alpha value is -7.89.